The summed E-state index contributed by atoms with van der Waals surface area (Å²) in [4.78, 5) is 43.9. The van der Waals surface area contributed by atoms with Gasteiger partial charge in [-0.1, -0.05) is 35.7 Å². The average molecular weight is 617 g/mol. The molecule has 1 aromatic carbocycles. The van der Waals surface area contributed by atoms with E-state index in [0.717, 1.165) is 23.7 Å². The third-order valence-electron chi connectivity index (χ3n) is 6.80. The fraction of sp³-hybridized carbons (Fsp3) is 0.520. The molecule has 1 saturated carbocycles. The third-order valence-corrected chi connectivity index (χ3v) is 8.13. The van der Waals surface area contributed by atoms with E-state index in [1.807, 2.05) is 0 Å². The number of carbonyl (C=O) groups excluding carboxylic acids is 1. The maximum atomic E-state index is 13.7. The molecule has 0 amide bonds. The molecule has 15 heteroatoms. The monoisotopic (exact) mass is 615 g/mol. The van der Waals surface area contributed by atoms with E-state index in [1.165, 1.54) is 16.2 Å². The van der Waals surface area contributed by atoms with Crippen molar-refractivity contribution in [1.29, 1.82) is 0 Å². The second kappa shape index (κ2) is 12.3. The first-order chi connectivity index (χ1) is 18.9. The number of halogens is 2. The van der Waals surface area contributed by atoms with E-state index in [-0.39, 0.29) is 59.8 Å². The first-order valence-corrected chi connectivity index (χ1v) is 15.4. The van der Waals surface area contributed by atoms with Crippen molar-refractivity contribution in [2.45, 2.75) is 51.7 Å². The minimum absolute atomic E-state index is 0.0415. The Morgan fingerprint density at radius 1 is 1.18 bits per heavy atom. The number of rotatable bonds is 10. The highest BCUT2D eigenvalue weighted by molar-refractivity contribution is 7.85. The van der Waals surface area contributed by atoms with Crippen LogP contribution in [0.5, 0.6) is 0 Å². The van der Waals surface area contributed by atoms with Gasteiger partial charge in [0, 0.05) is 13.1 Å². The van der Waals surface area contributed by atoms with Gasteiger partial charge < -0.3 is 14.6 Å². The van der Waals surface area contributed by atoms with Gasteiger partial charge in [0.1, 0.15) is 0 Å². The number of carbonyl (C=O) groups is 1. The van der Waals surface area contributed by atoms with Crippen LogP contribution in [0.25, 0.3) is 11.2 Å². The smallest absolute Gasteiger partial charge is 0.332 e. The summed E-state index contributed by atoms with van der Waals surface area (Å²) in [6, 6.07) is 4.66. The minimum atomic E-state index is -3.74. The van der Waals surface area contributed by atoms with E-state index in [0.29, 0.717) is 30.0 Å². The van der Waals surface area contributed by atoms with E-state index in [4.69, 9.17) is 32.1 Å². The number of hydrogen-bond acceptors (Lipinski definition) is 9. The van der Waals surface area contributed by atoms with Crippen LogP contribution in [0.1, 0.15) is 38.2 Å². The zero-order valence-electron chi connectivity index (χ0n) is 22.4. The molecule has 0 radical (unpaired) electrons. The summed E-state index contributed by atoms with van der Waals surface area (Å²) in [6.45, 7) is 1.68. The fourth-order valence-electron chi connectivity index (χ4n) is 4.92. The highest BCUT2D eigenvalue weighted by Gasteiger charge is 2.30. The van der Waals surface area contributed by atoms with Crippen LogP contribution in [0.15, 0.2) is 27.8 Å². The van der Waals surface area contributed by atoms with Gasteiger partial charge in [-0.2, -0.15) is 13.4 Å². The molecular formula is C25H31Cl2N5O7S. The maximum Gasteiger partial charge on any atom is 0.332 e. The van der Waals surface area contributed by atoms with Crippen molar-refractivity contribution in [3.05, 3.63) is 54.6 Å². The van der Waals surface area contributed by atoms with Crippen molar-refractivity contribution in [3.8, 4) is 0 Å². The molecule has 1 aliphatic carbocycles. The lowest BCUT2D eigenvalue weighted by Gasteiger charge is -2.28. The zero-order chi connectivity index (χ0) is 29.2. The van der Waals surface area contributed by atoms with E-state index in [9.17, 15) is 22.8 Å². The van der Waals surface area contributed by atoms with Gasteiger partial charge in [0.15, 0.2) is 11.2 Å². The molecule has 0 bridgehead atoms. The van der Waals surface area contributed by atoms with Gasteiger partial charge in [0.05, 0.1) is 48.5 Å². The van der Waals surface area contributed by atoms with Gasteiger partial charge in [-0.15, -0.1) is 0 Å². The maximum absolute atomic E-state index is 13.7. The molecule has 4 rings (SSSR count). The molecule has 0 aliphatic heterocycles. The molecular weight excluding hydrogens is 585 g/mol. The number of anilines is 1. The average Bonchev–Trinajstić information content (AvgIpc) is 3.25. The lowest BCUT2D eigenvalue weighted by atomic mass is 9.86. The van der Waals surface area contributed by atoms with E-state index in [1.54, 1.807) is 25.1 Å². The second-order valence-electron chi connectivity index (χ2n) is 9.72. The summed E-state index contributed by atoms with van der Waals surface area (Å²) in [5, 5.41) is 3.94. The van der Waals surface area contributed by atoms with Gasteiger partial charge in [-0.25, -0.2) is 4.79 Å². The molecule has 1 N–H and O–H groups in total. The summed E-state index contributed by atoms with van der Waals surface area (Å²) >= 11 is 12.1. The Kier molecular flexibility index (Phi) is 9.28. The Hall–Kier alpha value is -2.87. The van der Waals surface area contributed by atoms with Gasteiger partial charge >= 0.3 is 11.7 Å². The molecule has 1 fully saturated rings. The van der Waals surface area contributed by atoms with Crippen LogP contribution in [-0.2, 0) is 44.0 Å². The van der Waals surface area contributed by atoms with Gasteiger partial charge in [0.2, 0.25) is 5.95 Å². The van der Waals surface area contributed by atoms with Crippen LogP contribution in [0.4, 0.5) is 5.95 Å². The van der Waals surface area contributed by atoms with E-state index in [2.05, 4.69) is 10.3 Å². The quantitative estimate of drug-likeness (QED) is 0.269. The number of nitrogens with zero attached hydrogens (tertiary/aromatic N) is 4. The van der Waals surface area contributed by atoms with Crippen molar-refractivity contribution in [2.24, 2.45) is 13.0 Å². The first kappa shape index (κ1) is 30.1. The molecule has 0 saturated heterocycles. The van der Waals surface area contributed by atoms with E-state index < -0.39 is 21.4 Å². The molecule has 218 valence electrons. The van der Waals surface area contributed by atoms with Crippen LogP contribution in [0.2, 0.25) is 10.0 Å². The largest absolute Gasteiger partial charge is 0.466 e. The number of aromatic nitrogens is 4. The van der Waals surface area contributed by atoms with Gasteiger partial charge in [-0.05, 0) is 43.9 Å². The Morgan fingerprint density at radius 3 is 2.60 bits per heavy atom. The standard InChI is InChI=1S/C25H31Cl2N5O7S/c1-4-38-23(34)16-6-5-7-17(13-16)28-24-29-21-20(31(24)10-11-39-40(3,36)37)22(33)32(25(35)30(21)2)14-15-8-9-18(26)19(27)12-15/h8-9,12,16-17H,4-7,10-11,13-14H2,1-3H3,(H,28,29). The summed E-state index contributed by atoms with van der Waals surface area (Å²) in [7, 11) is -2.24. The topological polar surface area (TPSA) is 144 Å². The number of nitrogens with one attached hydrogen (secondary N) is 1. The van der Waals surface area contributed by atoms with Crippen molar-refractivity contribution in [1.82, 2.24) is 18.7 Å². The lowest BCUT2D eigenvalue weighted by molar-refractivity contribution is -0.149. The number of ether oxygens (including phenoxy) is 1. The van der Waals surface area contributed by atoms with Gasteiger partial charge in [-0.3, -0.25) is 22.9 Å². The van der Waals surface area contributed by atoms with Crippen molar-refractivity contribution >= 4 is 56.4 Å². The van der Waals surface area contributed by atoms with E-state index >= 15 is 0 Å². The second-order valence-corrected chi connectivity index (χ2v) is 12.2. The van der Waals surface area contributed by atoms with Crippen LogP contribution in [-0.4, -0.2) is 58.6 Å². The summed E-state index contributed by atoms with van der Waals surface area (Å²) < 4.78 is 37.2. The number of hydrogen-bond donors (Lipinski definition) is 1. The molecule has 2 unspecified atom stereocenters. The Balaban J connectivity index is 1.76. The highest BCUT2D eigenvalue weighted by Crippen LogP contribution is 2.28. The van der Waals surface area contributed by atoms with Crippen molar-refractivity contribution in [2.75, 3.05) is 24.8 Å². The Morgan fingerprint density at radius 2 is 1.93 bits per heavy atom. The lowest BCUT2D eigenvalue weighted by Crippen LogP contribution is -2.40. The molecule has 1 aliphatic rings. The van der Waals surface area contributed by atoms with Gasteiger partial charge in [0.25, 0.3) is 15.7 Å². The molecule has 2 aromatic heterocycles. The fourth-order valence-corrected chi connectivity index (χ4v) is 5.61. The van der Waals surface area contributed by atoms with Crippen LogP contribution >= 0.6 is 23.2 Å². The van der Waals surface area contributed by atoms with Crippen LogP contribution in [0, 0.1) is 5.92 Å². The predicted molar refractivity (Wildman–Crippen MR) is 152 cm³/mol. The van der Waals surface area contributed by atoms with Crippen LogP contribution in [0.3, 0.4) is 0 Å². The number of benzene rings is 1. The number of imidazole rings is 1. The SMILES string of the molecule is CCOC(=O)C1CCCC(Nc2nc3c(c(=O)n(Cc4ccc(Cl)c(Cl)c4)c(=O)n3C)n2CCOS(C)(=O)=O)C1. The summed E-state index contributed by atoms with van der Waals surface area (Å²) in [5.74, 6) is -0.261. The summed E-state index contributed by atoms with van der Waals surface area (Å²) in [6.07, 6.45) is 3.68. The molecule has 2 heterocycles. The van der Waals surface area contributed by atoms with Crippen molar-refractivity contribution < 1.29 is 22.1 Å². The number of esters is 1. The normalized spacial score (nSPS) is 17.7. The minimum Gasteiger partial charge on any atom is -0.466 e. The third kappa shape index (κ3) is 6.70. The summed E-state index contributed by atoms with van der Waals surface area (Å²) in [5.41, 5.74) is -0.395. The first-order valence-electron chi connectivity index (χ1n) is 12.8. The number of aryl methyl sites for hydroxylation is 1. The van der Waals surface area contributed by atoms with Crippen LogP contribution < -0.4 is 16.6 Å². The Bertz CT molecular complexity index is 1650. The van der Waals surface area contributed by atoms with Crippen molar-refractivity contribution in [3.63, 3.8) is 0 Å². The number of fused-ring (bicyclic) bond motifs is 1. The molecule has 12 nitrogen and oxygen atoms in total. The molecule has 2 atom stereocenters. The molecule has 3 aromatic rings. The molecule has 0 spiro atoms. The zero-order valence-corrected chi connectivity index (χ0v) is 24.7. The Labute approximate surface area is 240 Å². The highest BCUT2D eigenvalue weighted by atomic mass is 35.5. The predicted octanol–water partition coefficient (Wildman–Crippen LogP) is 2.76. The molecule has 40 heavy (non-hydrogen) atoms.